The molecule has 1 heterocycles. The Morgan fingerprint density at radius 2 is 1.81 bits per heavy atom. The first-order valence-electron chi connectivity index (χ1n) is 6.64. The maximum atomic E-state index is 5.38. The van der Waals surface area contributed by atoms with E-state index in [-0.39, 0.29) is 0 Å². The van der Waals surface area contributed by atoms with Gasteiger partial charge in [-0.1, -0.05) is 0 Å². The molecule has 0 aliphatic heterocycles. The molecule has 0 saturated carbocycles. The first kappa shape index (κ1) is 14.9. The summed E-state index contributed by atoms with van der Waals surface area (Å²) in [7, 11) is 5.11. The maximum absolute atomic E-state index is 5.38. The van der Waals surface area contributed by atoms with E-state index in [1.807, 2.05) is 38.2 Å². The lowest BCUT2D eigenvalue weighted by Crippen LogP contribution is -2.06. The molecule has 0 fully saturated rings. The minimum absolute atomic E-state index is 0.604. The predicted molar refractivity (Wildman–Crippen MR) is 83.2 cm³/mol. The van der Waals surface area contributed by atoms with Crippen LogP contribution >= 0.6 is 0 Å². The molecule has 2 aromatic rings. The van der Waals surface area contributed by atoms with E-state index in [4.69, 9.17) is 9.47 Å². The monoisotopic (exact) mass is 288 g/mol. The molecule has 0 unspecified atom stereocenters. The zero-order valence-corrected chi connectivity index (χ0v) is 12.7. The fourth-order valence-electron chi connectivity index (χ4n) is 1.97. The van der Waals surface area contributed by atoms with Gasteiger partial charge in [-0.05, 0) is 19.1 Å². The molecule has 0 radical (unpaired) electrons. The Kier molecular flexibility index (Phi) is 4.81. The molecular weight excluding hydrogens is 268 g/mol. The smallest absolute Gasteiger partial charge is 0.132 e. The number of aryl methyl sites for hydroxylation is 1. The van der Waals surface area contributed by atoms with Gasteiger partial charge in [0.2, 0.25) is 0 Å². The Balaban J connectivity index is 2.14. The summed E-state index contributed by atoms with van der Waals surface area (Å²) in [5.74, 6) is 3.81. The van der Waals surface area contributed by atoms with E-state index in [9.17, 15) is 0 Å². The summed E-state index contributed by atoms with van der Waals surface area (Å²) in [6, 6.07) is 7.60. The highest BCUT2D eigenvalue weighted by Gasteiger charge is 2.06. The molecule has 1 aromatic heterocycles. The summed E-state index contributed by atoms with van der Waals surface area (Å²) >= 11 is 0. The second kappa shape index (κ2) is 6.78. The van der Waals surface area contributed by atoms with Crippen molar-refractivity contribution in [1.29, 1.82) is 0 Å². The van der Waals surface area contributed by atoms with E-state index in [1.54, 1.807) is 14.2 Å². The molecule has 0 aliphatic carbocycles. The zero-order chi connectivity index (χ0) is 15.2. The van der Waals surface area contributed by atoms with Crippen molar-refractivity contribution in [1.82, 2.24) is 9.97 Å². The number of ether oxygens (including phenoxy) is 2. The van der Waals surface area contributed by atoms with E-state index in [0.717, 1.165) is 28.7 Å². The van der Waals surface area contributed by atoms with Gasteiger partial charge in [0.15, 0.2) is 0 Å². The van der Waals surface area contributed by atoms with Gasteiger partial charge in [-0.25, -0.2) is 9.97 Å². The average molecular weight is 288 g/mol. The van der Waals surface area contributed by atoms with Gasteiger partial charge < -0.3 is 20.1 Å². The number of hydrogen-bond donors (Lipinski definition) is 2. The molecule has 0 aliphatic rings. The van der Waals surface area contributed by atoms with Crippen LogP contribution in [0.15, 0.2) is 24.3 Å². The Morgan fingerprint density at radius 3 is 2.48 bits per heavy atom. The first-order valence-corrected chi connectivity index (χ1v) is 6.64. The second-order valence-corrected chi connectivity index (χ2v) is 4.47. The second-order valence-electron chi connectivity index (χ2n) is 4.47. The van der Waals surface area contributed by atoms with Crippen LogP contribution < -0.4 is 20.1 Å². The van der Waals surface area contributed by atoms with E-state index < -0.39 is 0 Å². The van der Waals surface area contributed by atoms with Gasteiger partial charge in [0.05, 0.1) is 14.2 Å². The van der Waals surface area contributed by atoms with E-state index in [2.05, 4.69) is 20.6 Å². The highest BCUT2D eigenvalue weighted by Crippen LogP contribution is 2.25. The maximum Gasteiger partial charge on any atom is 0.132 e. The van der Waals surface area contributed by atoms with Crippen LogP contribution in [0.4, 0.5) is 11.6 Å². The number of anilines is 2. The molecule has 1 aromatic carbocycles. The van der Waals surface area contributed by atoms with Gasteiger partial charge in [-0.15, -0.1) is 0 Å². The van der Waals surface area contributed by atoms with Crippen molar-refractivity contribution in [3.63, 3.8) is 0 Å². The fourth-order valence-corrected chi connectivity index (χ4v) is 1.97. The van der Waals surface area contributed by atoms with Crippen LogP contribution in [0, 0.1) is 6.92 Å². The lowest BCUT2D eigenvalue weighted by Gasteiger charge is -2.12. The number of aromatic nitrogens is 2. The van der Waals surface area contributed by atoms with Crippen LogP contribution in [-0.4, -0.2) is 31.2 Å². The molecule has 0 spiro atoms. The Hall–Kier alpha value is -2.50. The molecule has 6 nitrogen and oxygen atoms in total. The van der Waals surface area contributed by atoms with E-state index in [0.29, 0.717) is 12.4 Å². The van der Waals surface area contributed by atoms with Gasteiger partial charge in [-0.2, -0.15) is 0 Å². The summed E-state index contributed by atoms with van der Waals surface area (Å²) in [4.78, 5) is 8.62. The lowest BCUT2D eigenvalue weighted by molar-refractivity contribution is 0.391. The highest BCUT2D eigenvalue weighted by molar-refractivity contribution is 5.49. The summed E-state index contributed by atoms with van der Waals surface area (Å²) < 4.78 is 10.6. The average Bonchev–Trinajstić information content (AvgIpc) is 2.52. The summed E-state index contributed by atoms with van der Waals surface area (Å²) in [5.41, 5.74) is 1.03. The summed E-state index contributed by atoms with van der Waals surface area (Å²) in [6.45, 7) is 2.47. The van der Waals surface area contributed by atoms with Gasteiger partial charge in [0.1, 0.15) is 29.0 Å². The fraction of sp³-hybridized carbons (Fsp3) is 0.333. The van der Waals surface area contributed by atoms with Gasteiger partial charge in [0.25, 0.3) is 0 Å². The Morgan fingerprint density at radius 1 is 1.05 bits per heavy atom. The molecular formula is C15H20N4O2. The van der Waals surface area contributed by atoms with Crippen molar-refractivity contribution in [2.24, 2.45) is 0 Å². The lowest BCUT2D eigenvalue weighted by atomic mass is 10.2. The number of rotatable bonds is 6. The predicted octanol–water partition coefficient (Wildman–Crippen LogP) is 2.46. The number of nitrogens with zero attached hydrogens (tertiary/aromatic N) is 2. The van der Waals surface area contributed by atoms with Crippen molar-refractivity contribution < 1.29 is 9.47 Å². The number of methoxy groups -OCH3 is 2. The zero-order valence-electron chi connectivity index (χ0n) is 12.7. The topological polar surface area (TPSA) is 68.3 Å². The quantitative estimate of drug-likeness (QED) is 0.851. The van der Waals surface area contributed by atoms with Crippen molar-refractivity contribution in [2.75, 3.05) is 31.9 Å². The molecule has 21 heavy (non-hydrogen) atoms. The van der Waals surface area contributed by atoms with Crippen LogP contribution in [0.25, 0.3) is 0 Å². The van der Waals surface area contributed by atoms with Crippen molar-refractivity contribution in [3.8, 4) is 11.5 Å². The van der Waals surface area contributed by atoms with Crippen LogP contribution in [-0.2, 0) is 6.54 Å². The SMILES string of the molecule is CNc1cc(NCc2ccc(OC)cc2OC)nc(C)n1. The minimum atomic E-state index is 0.604. The molecule has 2 N–H and O–H groups in total. The van der Waals surface area contributed by atoms with E-state index >= 15 is 0 Å². The normalized spacial score (nSPS) is 10.1. The minimum Gasteiger partial charge on any atom is -0.497 e. The van der Waals surface area contributed by atoms with Crippen LogP contribution in [0.1, 0.15) is 11.4 Å². The highest BCUT2D eigenvalue weighted by atomic mass is 16.5. The van der Waals surface area contributed by atoms with Gasteiger partial charge >= 0.3 is 0 Å². The van der Waals surface area contributed by atoms with E-state index in [1.165, 1.54) is 0 Å². The molecule has 0 bridgehead atoms. The van der Waals surface area contributed by atoms with Crippen molar-refractivity contribution in [3.05, 3.63) is 35.7 Å². The van der Waals surface area contributed by atoms with Gasteiger partial charge in [0, 0.05) is 31.3 Å². The Labute approximate surface area is 124 Å². The molecule has 0 amide bonds. The molecule has 2 rings (SSSR count). The third kappa shape index (κ3) is 3.75. The van der Waals surface area contributed by atoms with Gasteiger partial charge in [-0.3, -0.25) is 0 Å². The van der Waals surface area contributed by atoms with Crippen LogP contribution in [0.5, 0.6) is 11.5 Å². The first-order chi connectivity index (χ1) is 10.2. The van der Waals surface area contributed by atoms with Crippen molar-refractivity contribution >= 4 is 11.6 Å². The number of hydrogen-bond acceptors (Lipinski definition) is 6. The molecule has 0 saturated heterocycles. The molecule has 6 heteroatoms. The Bertz CT molecular complexity index is 617. The standard InChI is InChI=1S/C15H20N4O2/c1-10-18-14(16-2)8-15(19-10)17-9-11-5-6-12(20-3)7-13(11)21-4/h5-8H,9H2,1-4H3,(H2,16,17,18,19). The largest absolute Gasteiger partial charge is 0.497 e. The third-order valence-electron chi connectivity index (χ3n) is 3.05. The molecule has 0 atom stereocenters. The third-order valence-corrected chi connectivity index (χ3v) is 3.05. The summed E-state index contributed by atoms with van der Waals surface area (Å²) in [5, 5.41) is 6.29. The van der Waals surface area contributed by atoms with Crippen LogP contribution in [0.2, 0.25) is 0 Å². The van der Waals surface area contributed by atoms with Crippen LogP contribution in [0.3, 0.4) is 0 Å². The molecule has 112 valence electrons. The number of benzene rings is 1. The summed E-state index contributed by atoms with van der Waals surface area (Å²) in [6.07, 6.45) is 0. The van der Waals surface area contributed by atoms with Crippen molar-refractivity contribution in [2.45, 2.75) is 13.5 Å². The number of nitrogens with one attached hydrogen (secondary N) is 2.